The van der Waals surface area contributed by atoms with Crippen LogP contribution in [-0.4, -0.2) is 29.2 Å². The normalized spacial score (nSPS) is 15.2. The van der Waals surface area contributed by atoms with E-state index in [1.165, 1.54) is 24.8 Å². The summed E-state index contributed by atoms with van der Waals surface area (Å²) in [7, 11) is 1.85. The molecule has 0 aliphatic heterocycles. The highest BCUT2D eigenvalue weighted by Crippen LogP contribution is 2.37. The second kappa shape index (κ2) is 5.84. The van der Waals surface area contributed by atoms with Gasteiger partial charge in [0.05, 0.1) is 18.4 Å². The number of ether oxygens (including phenoxy) is 1. The Morgan fingerprint density at radius 2 is 2.44 bits per heavy atom. The number of nitrogens with zero attached hydrogens (tertiary/aromatic N) is 2. The molecule has 0 bridgehead atoms. The van der Waals surface area contributed by atoms with Crippen molar-refractivity contribution in [3.8, 4) is 0 Å². The van der Waals surface area contributed by atoms with Crippen molar-refractivity contribution in [3.63, 3.8) is 0 Å². The predicted octanol–water partition coefficient (Wildman–Crippen LogP) is 1.88. The highest BCUT2D eigenvalue weighted by atomic mass is 19.1. The first-order valence-corrected chi connectivity index (χ1v) is 6.19. The summed E-state index contributed by atoms with van der Waals surface area (Å²) in [5.74, 6) is 0.567. The largest absolute Gasteiger partial charge is 0.447 e. The fourth-order valence-corrected chi connectivity index (χ4v) is 2.09. The number of rotatable bonds is 5. The summed E-state index contributed by atoms with van der Waals surface area (Å²) in [6.45, 7) is -0.493. The molecule has 1 saturated carbocycles. The third-order valence-electron chi connectivity index (χ3n) is 3.35. The van der Waals surface area contributed by atoms with Crippen LogP contribution in [0.1, 0.15) is 36.4 Å². The molecular weight excluding hydrogens is 237 g/mol. The lowest BCUT2D eigenvalue weighted by Gasteiger charge is -2.25. The number of hydrogen-bond acceptors (Lipinski definition) is 3. The lowest BCUT2D eigenvalue weighted by atomic mass is 9.80. The number of alkyl carbamates (subject to hydrolysis) is 1. The Morgan fingerprint density at radius 1 is 1.67 bits per heavy atom. The van der Waals surface area contributed by atoms with Crippen LogP contribution in [0, 0.1) is 0 Å². The summed E-state index contributed by atoms with van der Waals surface area (Å²) < 4.78 is 18.2. The standard InChI is InChI=1S/C12H18FN3O2/c1-16-11(8-14-12(17)18-6-5-13)10(7-15-16)9-3-2-4-9/h7,9H,2-6,8H2,1H3,(H,14,17). The lowest BCUT2D eigenvalue weighted by Crippen LogP contribution is -2.26. The molecule has 100 valence electrons. The van der Waals surface area contributed by atoms with Crippen LogP contribution in [0.2, 0.25) is 0 Å². The minimum Gasteiger partial charge on any atom is -0.447 e. The molecule has 0 spiro atoms. The van der Waals surface area contributed by atoms with Gasteiger partial charge >= 0.3 is 6.09 Å². The van der Waals surface area contributed by atoms with E-state index < -0.39 is 12.8 Å². The average Bonchev–Trinajstić information content (AvgIpc) is 2.63. The summed E-state index contributed by atoms with van der Waals surface area (Å²) in [5.41, 5.74) is 2.20. The second-order valence-electron chi connectivity index (χ2n) is 4.48. The van der Waals surface area contributed by atoms with Crippen molar-refractivity contribution in [2.75, 3.05) is 13.3 Å². The Bertz CT molecular complexity index is 415. The van der Waals surface area contributed by atoms with Gasteiger partial charge in [-0.25, -0.2) is 9.18 Å². The van der Waals surface area contributed by atoms with Crippen LogP contribution in [0.5, 0.6) is 0 Å². The maximum Gasteiger partial charge on any atom is 0.407 e. The molecule has 1 heterocycles. The number of nitrogens with one attached hydrogen (secondary N) is 1. The highest BCUT2D eigenvalue weighted by Gasteiger charge is 2.24. The Labute approximate surface area is 105 Å². The first-order chi connectivity index (χ1) is 8.72. The van der Waals surface area contributed by atoms with Crippen molar-refractivity contribution in [3.05, 3.63) is 17.5 Å². The monoisotopic (exact) mass is 255 g/mol. The van der Waals surface area contributed by atoms with Crippen LogP contribution < -0.4 is 5.32 Å². The lowest BCUT2D eigenvalue weighted by molar-refractivity contribution is 0.137. The number of alkyl halides is 1. The van der Waals surface area contributed by atoms with Crippen LogP contribution >= 0.6 is 0 Å². The minimum atomic E-state index is -0.660. The van der Waals surface area contributed by atoms with E-state index in [2.05, 4.69) is 15.2 Å². The predicted molar refractivity (Wildman–Crippen MR) is 64.0 cm³/mol. The molecule has 0 atom stereocenters. The molecule has 6 heteroatoms. The molecule has 1 aliphatic rings. The van der Waals surface area contributed by atoms with Gasteiger partial charge in [0, 0.05) is 7.05 Å². The summed E-state index contributed by atoms with van der Waals surface area (Å²) in [6.07, 6.45) is 4.91. The fraction of sp³-hybridized carbons (Fsp3) is 0.667. The zero-order valence-electron chi connectivity index (χ0n) is 10.5. The number of carbonyl (C=O) groups excluding carboxylic acids is 1. The summed E-state index contributed by atoms with van der Waals surface area (Å²) >= 11 is 0. The molecule has 1 fully saturated rings. The molecule has 18 heavy (non-hydrogen) atoms. The third kappa shape index (κ3) is 2.80. The fourth-order valence-electron chi connectivity index (χ4n) is 2.09. The van der Waals surface area contributed by atoms with Gasteiger partial charge in [0.1, 0.15) is 13.3 Å². The summed E-state index contributed by atoms with van der Waals surface area (Å²) in [6, 6.07) is 0. The Balaban J connectivity index is 1.91. The number of carbonyl (C=O) groups is 1. The van der Waals surface area contributed by atoms with Gasteiger partial charge in [-0.1, -0.05) is 6.42 Å². The quantitative estimate of drug-likeness (QED) is 0.874. The molecule has 0 radical (unpaired) electrons. The van der Waals surface area contributed by atoms with Gasteiger partial charge in [0.15, 0.2) is 0 Å². The molecular formula is C12H18FN3O2. The molecule has 5 nitrogen and oxygen atoms in total. The number of amides is 1. The van der Waals surface area contributed by atoms with E-state index in [1.54, 1.807) is 4.68 Å². The van der Waals surface area contributed by atoms with Crippen LogP contribution in [0.3, 0.4) is 0 Å². The SMILES string of the molecule is Cn1ncc(C2CCC2)c1CNC(=O)OCCF. The minimum absolute atomic E-state index is 0.202. The van der Waals surface area contributed by atoms with Gasteiger partial charge in [-0.2, -0.15) is 5.10 Å². The van der Waals surface area contributed by atoms with Crippen LogP contribution in [0.4, 0.5) is 9.18 Å². The zero-order valence-corrected chi connectivity index (χ0v) is 10.5. The van der Waals surface area contributed by atoms with Crippen molar-refractivity contribution in [2.24, 2.45) is 7.05 Å². The highest BCUT2D eigenvalue weighted by molar-refractivity contribution is 5.67. The number of aromatic nitrogens is 2. The van der Waals surface area contributed by atoms with Crippen LogP contribution in [0.25, 0.3) is 0 Å². The first-order valence-electron chi connectivity index (χ1n) is 6.19. The molecule has 0 aromatic carbocycles. The molecule has 1 amide bonds. The maximum atomic E-state index is 11.8. The molecule has 0 unspecified atom stereocenters. The Kier molecular flexibility index (Phi) is 4.17. The Hall–Kier alpha value is -1.59. The van der Waals surface area contributed by atoms with E-state index >= 15 is 0 Å². The number of halogens is 1. The van der Waals surface area contributed by atoms with Crippen molar-refractivity contribution in [2.45, 2.75) is 31.7 Å². The van der Waals surface area contributed by atoms with Crippen molar-refractivity contribution < 1.29 is 13.9 Å². The van der Waals surface area contributed by atoms with E-state index in [0.717, 1.165) is 5.69 Å². The van der Waals surface area contributed by atoms with Crippen molar-refractivity contribution in [1.82, 2.24) is 15.1 Å². The third-order valence-corrected chi connectivity index (χ3v) is 3.35. The van der Waals surface area contributed by atoms with Gasteiger partial charge in [-0.3, -0.25) is 4.68 Å². The van der Waals surface area contributed by atoms with Crippen molar-refractivity contribution >= 4 is 6.09 Å². The molecule has 1 aliphatic carbocycles. The van der Waals surface area contributed by atoms with E-state index in [4.69, 9.17) is 0 Å². The van der Waals surface area contributed by atoms with Gasteiger partial charge in [-0.05, 0) is 24.3 Å². The number of hydrogen-bond donors (Lipinski definition) is 1. The summed E-state index contributed by atoms with van der Waals surface area (Å²) in [5, 5.41) is 6.84. The smallest absolute Gasteiger partial charge is 0.407 e. The van der Waals surface area contributed by atoms with Gasteiger partial charge < -0.3 is 10.1 Å². The van der Waals surface area contributed by atoms with E-state index in [-0.39, 0.29) is 6.61 Å². The van der Waals surface area contributed by atoms with Crippen LogP contribution in [-0.2, 0) is 18.3 Å². The molecule has 1 aromatic heterocycles. The van der Waals surface area contributed by atoms with Gasteiger partial charge in [0.2, 0.25) is 0 Å². The van der Waals surface area contributed by atoms with Crippen LogP contribution in [0.15, 0.2) is 6.20 Å². The maximum absolute atomic E-state index is 11.8. The molecule has 0 saturated heterocycles. The van der Waals surface area contributed by atoms with Gasteiger partial charge in [-0.15, -0.1) is 0 Å². The number of aryl methyl sites for hydroxylation is 1. The Morgan fingerprint density at radius 3 is 3.06 bits per heavy atom. The molecule has 1 N–H and O–H groups in total. The zero-order chi connectivity index (χ0) is 13.0. The summed E-state index contributed by atoms with van der Waals surface area (Å²) in [4.78, 5) is 11.2. The molecule has 1 aromatic rings. The van der Waals surface area contributed by atoms with Crippen molar-refractivity contribution in [1.29, 1.82) is 0 Å². The van der Waals surface area contributed by atoms with E-state index in [1.807, 2.05) is 13.2 Å². The molecule has 2 rings (SSSR count). The van der Waals surface area contributed by atoms with E-state index in [0.29, 0.717) is 12.5 Å². The van der Waals surface area contributed by atoms with E-state index in [9.17, 15) is 9.18 Å². The second-order valence-corrected chi connectivity index (χ2v) is 4.48. The topological polar surface area (TPSA) is 56.2 Å². The van der Waals surface area contributed by atoms with Gasteiger partial charge in [0.25, 0.3) is 0 Å². The average molecular weight is 255 g/mol. The first kappa shape index (κ1) is 12.9.